The van der Waals surface area contributed by atoms with Gasteiger partial charge in [-0.15, -0.1) is 0 Å². The molecule has 0 saturated carbocycles. The van der Waals surface area contributed by atoms with Gasteiger partial charge in [-0.05, 0) is 86.8 Å². The molecule has 0 fully saturated rings. The van der Waals surface area contributed by atoms with Crippen LogP contribution in [-0.2, 0) is 29.3 Å². The Morgan fingerprint density at radius 2 is 0.523 bits per heavy atom. The topological polar surface area (TPSA) is 25.3 Å². The number of rotatable bonds is 59. The molecule has 1 aliphatic rings. The van der Waals surface area contributed by atoms with Gasteiger partial charge < -0.3 is 19.4 Å². The fraction of sp³-hybridized carbons (Fsp3) is 0.783. The maximum absolute atomic E-state index is 11.9. The molecule has 0 atom stereocenters. The molecule has 1 heterocycles. The van der Waals surface area contributed by atoms with Gasteiger partial charge in [-0.2, -0.15) is 12.8 Å². The van der Waals surface area contributed by atoms with Crippen molar-refractivity contribution in [2.75, 3.05) is 0 Å². The first-order valence-electron chi connectivity index (χ1n) is 38.7. The van der Waals surface area contributed by atoms with Crippen molar-refractivity contribution in [1.29, 1.82) is 0 Å². The van der Waals surface area contributed by atoms with Crippen molar-refractivity contribution in [3.05, 3.63) is 101 Å². The Hall–Kier alpha value is -1.99. The molecule has 0 aromatic heterocycles. The molecule has 0 spiro atoms. The molecule has 500 valence electrons. The number of allylic oxidation sites excluding steroid dienone is 2. The van der Waals surface area contributed by atoms with Gasteiger partial charge in [-0.1, -0.05) is 380 Å². The molecule has 0 saturated heterocycles. The second-order valence-corrected chi connectivity index (χ2v) is 26.7. The summed E-state index contributed by atoms with van der Waals surface area (Å²) in [6.45, 7) is 21.4. The summed E-state index contributed by atoms with van der Waals surface area (Å²) in [5.74, 6) is 0. The first kappa shape index (κ1) is 84.0. The predicted molar refractivity (Wildman–Crippen MR) is 386 cm³/mol. The molecule has 2 aromatic rings. The maximum Gasteiger partial charge on any atom is 2.00 e. The maximum atomic E-state index is 11.9. The second kappa shape index (κ2) is 66.0. The van der Waals surface area contributed by atoms with Crippen LogP contribution < -0.4 is 0 Å². The quantitative estimate of drug-likeness (QED) is 0.0273. The van der Waals surface area contributed by atoms with Gasteiger partial charge >= 0.3 is 16.5 Å². The van der Waals surface area contributed by atoms with E-state index >= 15 is 0 Å². The summed E-state index contributed by atoms with van der Waals surface area (Å²) >= 11 is 0. The fourth-order valence-corrected chi connectivity index (χ4v) is 12.7. The van der Waals surface area contributed by atoms with Gasteiger partial charge in [-0.3, -0.25) is 0 Å². The van der Waals surface area contributed by atoms with Crippen LogP contribution in [-0.4, -0.2) is 4.70 Å². The largest absolute Gasteiger partial charge is 2.00 e. The number of aryl methyl sites for hydroxylation is 2. The fourth-order valence-electron chi connectivity index (χ4n) is 12.7. The molecule has 0 radical (unpaired) electrons. The smallest absolute Gasteiger partial charge is 0.493 e. The molecular formula is C83H148N2Ni. The third-order valence-corrected chi connectivity index (χ3v) is 18.4. The van der Waals surface area contributed by atoms with Crippen LogP contribution in [0.3, 0.4) is 0 Å². The van der Waals surface area contributed by atoms with E-state index in [9.17, 15) is 5.53 Å². The number of benzene rings is 2. The average Bonchev–Trinajstić information content (AvgIpc) is 1.76. The van der Waals surface area contributed by atoms with Crippen molar-refractivity contribution in [2.24, 2.45) is 0 Å². The van der Waals surface area contributed by atoms with Crippen molar-refractivity contribution < 1.29 is 21.2 Å². The van der Waals surface area contributed by atoms with Crippen LogP contribution in [0.25, 0.3) is 16.9 Å². The first-order valence-corrected chi connectivity index (χ1v) is 38.7. The van der Waals surface area contributed by atoms with Crippen molar-refractivity contribution in [3.63, 3.8) is 0 Å². The molecule has 3 rings (SSSR count). The standard InChI is InChI=1S/C35H50N2.2C24H49.Ni/c1-5-9-13-15-22-32-33(21-14-10-6-2)35(31-20-16-19-29(27-31)18-12-8-4)37(36)34(32)30-25-23-28(24-26-30)17-11-7-3;2*1-3-5-7-9-11-13-15-17-19-21-23-24-22-20-18-16-14-12-10-8-6-4-2;/h16,19-20,23-27H,5-15,17-18,21-22H2,1-4H3;2*1,3-24H2,2H3;/q;2*-1;+2. The second-order valence-electron chi connectivity index (χ2n) is 26.7. The van der Waals surface area contributed by atoms with Crippen LogP contribution in [0.1, 0.15) is 430 Å². The van der Waals surface area contributed by atoms with Crippen LogP contribution in [0.15, 0.2) is 59.7 Å². The minimum atomic E-state index is 0. The molecule has 3 heteroatoms. The van der Waals surface area contributed by atoms with Gasteiger partial charge in [0.05, 0.1) is 0 Å². The van der Waals surface area contributed by atoms with Gasteiger partial charge in [0.2, 0.25) is 11.4 Å². The van der Waals surface area contributed by atoms with Crippen molar-refractivity contribution in [2.45, 2.75) is 420 Å². The summed E-state index contributed by atoms with van der Waals surface area (Å²) in [6, 6.07) is 17.9. The summed E-state index contributed by atoms with van der Waals surface area (Å²) in [5.41, 5.74) is 21.7. The molecule has 0 bridgehead atoms. The van der Waals surface area contributed by atoms with Gasteiger partial charge in [0.1, 0.15) is 0 Å². The Bertz CT molecular complexity index is 1700. The van der Waals surface area contributed by atoms with Crippen molar-refractivity contribution >= 4 is 11.4 Å². The van der Waals surface area contributed by atoms with Gasteiger partial charge in [0.15, 0.2) is 0 Å². The number of unbranched alkanes of at least 4 members (excludes halogenated alkanes) is 49. The van der Waals surface area contributed by atoms with E-state index in [0.29, 0.717) is 0 Å². The van der Waals surface area contributed by atoms with Gasteiger partial charge in [0, 0.05) is 22.3 Å². The van der Waals surface area contributed by atoms with Crippen LogP contribution in [0, 0.1) is 13.8 Å². The molecule has 0 aliphatic carbocycles. The minimum absolute atomic E-state index is 0. The molecule has 86 heavy (non-hydrogen) atoms. The van der Waals surface area contributed by atoms with Gasteiger partial charge in [0.25, 0.3) is 0 Å². The summed E-state index contributed by atoms with van der Waals surface area (Å²) in [5, 5.41) is 0. The van der Waals surface area contributed by atoms with Gasteiger partial charge in [-0.25, -0.2) is 4.70 Å². The zero-order valence-electron chi connectivity index (χ0n) is 59.0. The van der Waals surface area contributed by atoms with Crippen LogP contribution in [0.5, 0.6) is 0 Å². The Labute approximate surface area is 551 Å². The molecule has 0 unspecified atom stereocenters. The number of hydrogen-bond acceptors (Lipinski definition) is 0. The van der Waals surface area contributed by atoms with Crippen LogP contribution >= 0.6 is 0 Å². The zero-order chi connectivity index (χ0) is 61.6. The summed E-state index contributed by atoms with van der Waals surface area (Å²) in [6.07, 6.45) is 81.2. The SMILES string of the molecule is CCCCCCC1=C(c2ccc(CCCC)cc2)[N+](=[N-])C(c2cccc(CCCC)c2)=C1CCCCC.[CH2-]CCCCCCCCCCCCCCCCCCCCCCC.[CH2-]CCCCCCCCCCCCCCCCCCCCCCC.[Ni+2]. The molecule has 1 aliphatic heterocycles. The third kappa shape index (κ3) is 47.0. The normalized spacial score (nSPS) is 12.2. The predicted octanol–water partition coefficient (Wildman–Crippen LogP) is 29.9. The Morgan fingerprint density at radius 1 is 0.267 bits per heavy atom. The molecule has 2 aromatic carbocycles. The van der Waals surface area contributed by atoms with E-state index in [4.69, 9.17) is 0 Å². The molecule has 2 nitrogen and oxygen atoms in total. The van der Waals surface area contributed by atoms with E-state index in [1.807, 2.05) is 0 Å². The monoisotopic (exact) mass is 1230 g/mol. The van der Waals surface area contributed by atoms with E-state index in [2.05, 4.69) is 104 Å². The summed E-state index contributed by atoms with van der Waals surface area (Å²) in [4.78, 5) is 0. The van der Waals surface area contributed by atoms with Crippen LogP contribution in [0.4, 0.5) is 0 Å². The number of hydrogen-bond donors (Lipinski definition) is 0. The molecule has 0 amide bonds. The van der Waals surface area contributed by atoms with E-state index in [-0.39, 0.29) is 16.5 Å². The number of nitrogens with zero attached hydrogens (tertiary/aromatic N) is 2. The van der Waals surface area contributed by atoms with Crippen molar-refractivity contribution in [3.8, 4) is 0 Å². The molecule has 0 N–H and O–H groups in total. The zero-order valence-corrected chi connectivity index (χ0v) is 60.0. The van der Waals surface area contributed by atoms with E-state index in [1.165, 1.54) is 363 Å². The summed E-state index contributed by atoms with van der Waals surface area (Å²) < 4.78 is 1.55. The van der Waals surface area contributed by atoms with E-state index in [1.54, 1.807) is 4.70 Å². The Balaban J connectivity index is 0.00000131. The Morgan fingerprint density at radius 3 is 0.837 bits per heavy atom. The van der Waals surface area contributed by atoms with E-state index in [0.717, 1.165) is 61.0 Å². The Kier molecular flexibility index (Phi) is 64.4. The minimum Gasteiger partial charge on any atom is -0.493 e. The van der Waals surface area contributed by atoms with Crippen LogP contribution in [0.2, 0.25) is 0 Å². The first-order chi connectivity index (χ1) is 42.0. The summed E-state index contributed by atoms with van der Waals surface area (Å²) in [7, 11) is 0. The van der Waals surface area contributed by atoms with Crippen molar-refractivity contribution in [1.82, 2.24) is 0 Å². The average molecular weight is 1230 g/mol. The third-order valence-electron chi connectivity index (χ3n) is 18.4. The molecular weight excluding hydrogens is 1080 g/mol. The van der Waals surface area contributed by atoms with E-state index < -0.39 is 0 Å².